The van der Waals surface area contributed by atoms with Crippen LogP contribution in [0, 0.1) is 0 Å². The van der Waals surface area contributed by atoms with Crippen LogP contribution in [0.5, 0.6) is 5.75 Å². The molecule has 0 bridgehead atoms. The van der Waals surface area contributed by atoms with Gasteiger partial charge in [-0.2, -0.15) is 0 Å². The molecule has 0 atom stereocenters. The second-order valence-corrected chi connectivity index (χ2v) is 6.81. The van der Waals surface area contributed by atoms with E-state index in [0.717, 1.165) is 10.9 Å². The quantitative estimate of drug-likeness (QED) is 0.732. The van der Waals surface area contributed by atoms with Gasteiger partial charge in [-0.25, -0.2) is 10.3 Å². The number of hydroxylamine groups is 1. The van der Waals surface area contributed by atoms with Crippen LogP contribution in [0.4, 0.5) is 0 Å². The lowest BCUT2D eigenvalue weighted by Crippen LogP contribution is -2.32. The summed E-state index contributed by atoms with van der Waals surface area (Å²) in [7, 11) is 1.58. The zero-order valence-corrected chi connectivity index (χ0v) is 17.4. The maximum Gasteiger partial charge on any atom is 0.336 e. The summed E-state index contributed by atoms with van der Waals surface area (Å²) in [4.78, 5) is 19.6. The Hall–Kier alpha value is -2.01. The number of ether oxygens (including phenoxy) is 4. The zero-order chi connectivity index (χ0) is 21.0. The standard InChI is InChI=1S/C21H30N2O7/c1-25-18-2-3-19-17(14-21(24)30-20(19)15-18)16-23-5-8-27-11-10-26-7-4-22-29-13-12-28-9-6-23/h2-3,14-15,22H,4-13,16H2,1H3. The Labute approximate surface area is 175 Å². The molecule has 9 heteroatoms. The summed E-state index contributed by atoms with van der Waals surface area (Å²) in [6.45, 7) is 6.33. The van der Waals surface area contributed by atoms with Crippen molar-refractivity contribution in [2.24, 2.45) is 0 Å². The monoisotopic (exact) mass is 422 g/mol. The molecule has 0 aliphatic carbocycles. The number of nitrogens with zero attached hydrogens (tertiary/aromatic N) is 1. The SMILES string of the molecule is COc1ccc2c(CN3CCOCCOCCNOCCOCC3)cc(=O)oc2c1. The van der Waals surface area contributed by atoms with Crippen molar-refractivity contribution in [1.29, 1.82) is 0 Å². The first-order valence-electron chi connectivity index (χ1n) is 10.2. The minimum absolute atomic E-state index is 0.380. The van der Waals surface area contributed by atoms with Crippen LogP contribution in [0.2, 0.25) is 0 Å². The second kappa shape index (κ2) is 12.6. The Bertz CT molecular complexity index is 811. The third-order valence-electron chi connectivity index (χ3n) is 4.69. The van der Waals surface area contributed by atoms with Crippen molar-refractivity contribution in [3.8, 4) is 5.75 Å². The molecule has 1 aliphatic heterocycles. The van der Waals surface area contributed by atoms with Gasteiger partial charge in [0.05, 0.1) is 53.4 Å². The summed E-state index contributed by atoms with van der Waals surface area (Å²) in [5.41, 5.74) is 3.87. The van der Waals surface area contributed by atoms with Gasteiger partial charge in [0.15, 0.2) is 0 Å². The summed E-state index contributed by atoms with van der Waals surface area (Å²) in [6, 6.07) is 7.05. The van der Waals surface area contributed by atoms with Crippen LogP contribution in [0.1, 0.15) is 5.56 Å². The van der Waals surface area contributed by atoms with E-state index >= 15 is 0 Å². The fourth-order valence-corrected chi connectivity index (χ4v) is 3.15. The van der Waals surface area contributed by atoms with Crippen molar-refractivity contribution in [3.63, 3.8) is 0 Å². The van der Waals surface area contributed by atoms with Gasteiger partial charge in [-0.15, -0.1) is 0 Å². The molecule has 0 radical (unpaired) electrons. The Balaban J connectivity index is 1.67. The Morgan fingerprint density at radius 2 is 1.70 bits per heavy atom. The normalized spacial score (nSPS) is 19.0. The number of hydrogen-bond donors (Lipinski definition) is 1. The van der Waals surface area contributed by atoms with Gasteiger partial charge in [-0.3, -0.25) is 9.74 Å². The predicted octanol–water partition coefficient (Wildman–Crippen LogP) is 1.19. The van der Waals surface area contributed by atoms with E-state index in [1.54, 1.807) is 19.2 Å². The lowest BCUT2D eigenvalue weighted by atomic mass is 10.1. The average molecular weight is 422 g/mol. The molecule has 3 rings (SSSR count). The molecule has 0 unspecified atom stereocenters. The highest BCUT2D eigenvalue weighted by Crippen LogP contribution is 2.23. The van der Waals surface area contributed by atoms with Crippen molar-refractivity contribution >= 4 is 11.0 Å². The number of methoxy groups -OCH3 is 1. The molecule has 1 aromatic carbocycles. The Morgan fingerprint density at radius 1 is 0.967 bits per heavy atom. The third kappa shape index (κ3) is 7.35. The van der Waals surface area contributed by atoms with Crippen LogP contribution in [-0.2, 0) is 25.6 Å². The van der Waals surface area contributed by atoms with Crippen LogP contribution in [0.25, 0.3) is 11.0 Å². The molecule has 0 amide bonds. The van der Waals surface area contributed by atoms with E-state index in [-0.39, 0.29) is 5.63 Å². The molecular formula is C21H30N2O7. The van der Waals surface area contributed by atoms with Gasteiger partial charge >= 0.3 is 5.63 Å². The molecule has 30 heavy (non-hydrogen) atoms. The summed E-state index contributed by atoms with van der Waals surface area (Å²) in [5, 5.41) is 0.886. The minimum Gasteiger partial charge on any atom is -0.497 e. The third-order valence-corrected chi connectivity index (χ3v) is 4.69. The van der Waals surface area contributed by atoms with Crippen LogP contribution in [0.3, 0.4) is 0 Å². The maximum absolute atomic E-state index is 12.1. The highest BCUT2D eigenvalue weighted by molar-refractivity contribution is 5.81. The highest BCUT2D eigenvalue weighted by atomic mass is 16.7. The Kier molecular flexibility index (Phi) is 9.55. The summed E-state index contributed by atoms with van der Waals surface area (Å²) in [6.07, 6.45) is 0. The molecule has 2 aromatic rings. The van der Waals surface area contributed by atoms with Crippen LogP contribution in [-0.4, -0.2) is 77.9 Å². The zero-order valence-electron chi connectivity index (χ0n) is 17.4. The van der Waals surface area contributed by atoms with E-state index in [4.69, 9.17) is 28.2 Å². The largest absolute Gasteiger partial charge is 0.497 e. The van der Waals surface area contributed by atoms with Crippen molar-refractivity contribution in [2.45, 2.75) is 6.54 Å². The van der Waals surface area contributed by atoms with Crippen molar-refractivity contribution in [2.75, 3.05) is 73.0 Å². The van der Waals surface area contributed by atoms with Gasteiger partial charge in [-0.05, 0) is 17.7 Å². The molecule has 1 fully saturated rings. The first-order chi connectivity index (χ1) is 14.8. The van der Waals surface area contributed by atoms with E-state index in [1.165, 1.54) is 0 Å². The number of benzene rings is 1. The van der Waals surface area contributed by atoms with Crippen molar-refractivity contribution in [3.05, 3.63) is 40.2 Å². The van der Waals surface area contributed by atoms with Gasteiger partial charge < -0.3 is 23.4 Å². The topological polar surface area (TPSA) is 91.6 Å². The van der Waals surface area contributed by atoms with E-state index in [0.29, 0.717) is 83.8 Å². The molecule has 1 aromatic heterocycles. The van der Waals surface area contributed by atoms with Crippen LogP contribution < -0.4 is 15.8 Å². The summed E-state index contributed by atoms with van der Waals surface area (Å²) >= 11 is 0. The lowest BCUT2D eigenvalue weighted by Gasteiger charge is -2.23. The van der Waals surface area contributed by atoms with Gasteiger partial charge in [0, 0.05) is 43.7 Å². The van der Waals surface area contributed by atoms with Gasteiger partial charge in [-0.1, -0.05) is 0 Å². The van der Waals surface area contributed by atoms with E-state index in [9.17, 15) is 4.79 Å². The molecule has 0 saturated carbocycles. The molecule has 1 saturated heterocycles. The molecule has 1 aliphatic rings. The fourth-order valence-electron chi connectivity index (χ4n) is 3.15. The molecule has 2 heterocycles. The van der Waals surface area contributed by atoms with Gasteiger partial charge in [0.1, 0.15) is 11.3 Å². The van der Waals surface area contributed by atoms with Crippen LogP contribution in [0.15, 0.2) is 33.5 Å². The van der Waals surface area contributed by atoms with E-state index in [2.05, 4.69) is 10.4 Å². The molecule has 1 N–H and O–H groups in total. The molecular weight excluding hydrogens is 392 g/mol. The number of fused-ring (bicyclic) bond motifs is 1. The highest BCUT2D eigenvalue weighted by Gasteiger charge is 2.12. The number of nitrogens with one attached hydrogen (secondary N) is 1. The fraction of sp³-hybridized carbons (Fsp3) is 0.571. The van der Waals surface area contributed by atoms with Gasteiger partial charge in [0.2, 0.25) is 0 Å². The van der Waals surface area contributed by atoms with E-state index < -0.39 is 0 Å². The first-order valence-corrected chi connectivity index (χ1v) is 10.2. The first kappa shape index (κ1) is 22.7. The lowest BCUT2D eigenvalue weighted by molar-refractivity contribution is -0.0274. The van der Waals surface area contributed by atoms with E-state index in [1.807, 2.05) is 12.1 Å². The average Bonchev–Trinajstić information content (AvgIpc) is 2.74. The predicted molar refractivity (Wildman–Crippen MR) is 111 cm³/mol. The summed E-state index contributed by atoms with van der Waals surface area (Å²) < 4.78 is 27.4. The Morgan fingerprint density at radius 3 is 2.47 bits per heavy atom. The molecule has 166 valence electrons. The number of rotatable bonds is 3. The minimum atomic E-state index is -0.380. The summed E-state index contributed by atoms with van der Waals surface area (Å²) in [5.74, 6) is 0.647. The van der Waals surface area contributed by atoms with Crippen LogP contribution >= 0.6 is 0 Å². The maximum atomic E-state index is 12.1. The molecule has 9 nitrogen and oxygen atoms in total. The van der Waals surface area contributed by atoms with Gasteiger partial charge in [0.25, 0.3) is 0 Å². The number of hydrogen-bond acceptors (Lipinski definition) is 9. The van der Waals surface area contributed by atoms with Crippen molar-refractivity contribution in [1.82, 2.24) is 10.4 Å². The van der Waals surface area contributed by atoms with Crippen molar-refractivity contribution < 1.29 is 28.2 Å². The smallest absolute Gasteiger partial charge is 0.336 e. The second-order valence-electron chi connectivity index (χ2n) is 6.81. The molecule has 0 spiro atoms.